The second-order valence-corrected chi connectivity index (χ2v) is 9.96. The van der Waals surface area contributed by atoms with E-state index in [1.54, 1.807) is 0 Å². The van der Waals surface area contributed by atoms with E-state index in [1.165, 1.54) is 19.4 Å². The Morgan fingerprint density at radius 1 is 1.10 bits per heavy atom. The zero-order valence-electron chi connectivity index (χ0n) is 18.3. The Kier molecular flexibility index (Phi) is 5.96. The van der Waals surface area contributed by atoms with Crippen LogP contribution in [0.1, 0.15) is 78.6 Å². The molecule has 0 saturated heterocycles. The smallest absolute Gasteiger partial charge is 0.304 e. The summed E-state index contributed by atoms with van der Waals surface area (Å²) in [7, 11) is 0. The van der Waals surface area contributed by atoms with E-state index in [4.69, 9.17) is 21.1 Å². The number of allylic oxidation sites excluding steroid dienone is 1. The number of halogens is 1. The summed E-state index contributed by atoms with van der Waals surface area (Å²) in [6, 6.07) is 0. The molecule has 5 heteroatoms. The van der Waals surface area contributed by atoms with Crippen molar-refractivity contribution in [1.82, 2.24) is 0 Å². The summed E-state index contributed by atoms with van der Waals surface area (Å²) in [5.41, 5.74) is 0.661. The Morgan fingerprint density at radius 3 is 2.57 bits per heavy atom. The first-order chi connectivity index (χ1) is 14.4. The lowest BCUT2D eigenvalue weighted by molar-refractivity contribution is -0.170. The standard InChI is InChI=1S/C25H33ClO4/c1-4-24-11-9-21-20-8-6-19(29-16(2)27)15-18(20)5-7-22(21)23(24)10-12-25(24,13-14-26)30-17(3)28/h15,19-23H,4-12H2,1-3H3/t19-,20-,21+,22+,23-,24-,25+/m0/s1. The average Bonchev–Trinajstić information content (AvgIpc) is 3.01. The van der Waals surface area contributed by atoms with Crippen LogP contribution in [0.4, 0.5) is 0 Å². The minimum atomic E-state index is -0.742. The molecule has 0 aromatic rings. The van der Waals surface area contributed by atoms with Crippen molar-refractivity contribution in [3.05, 3.63) is 11.6 Å². The number of ether oxygens (including phenoxy) is 2. The van der Waals surface area contributed by atoms with E-state index < -0.39 is 5.60 Å². The molecule has 0 heterocycles. The van der Waals surface area contributed by atoms with Crippen molar-refractivity contribution in [3.8, 4) is 11.3 Å². The maximum atomic E-state index is 12.0. The fraction of sp³-hybridized carbons (Fsp3) is 0.760. The van der Waals surface area contributed by atoms with Crippen LogP contribution in [0.15, 0.2) is 11.6 Å². The third-order valence-electron chi connectivity index (χ3n) is 8.75. The van der Waals surface area contributed by atoms with Crippen molar-refractivity contribution in [2.24, 2.45) is 29.1 Å². The van der Waals surface area contributed by atoms with E-state index >= 15 is 0 Å². The van der Waals surface area contributed by atoms with Crippen molar-refractivity contribution >= 4 is 23.5 Å². The normalized spacial score (nSPS) is 41.9. The van der Waals surface area contributed by atoms with Gasteiger partial charge in [-0.1, -0.05) is 12.5 Å². The van der Waals surface area contributed by atoms with Crippen LogP contribution < -0.4 is 0 Å². The largest absolute Gasteiger partial charge is 0.458 e. The maximum Gasteiger partial charge on any atom is 0.304 e. The molecule has 3 fully saturated rings. The van der Waals surface area contributed by atoms with Gasteiger partial charge < -0.3 is 9.47 Å². The fourth-order valence-electron chi connectivity index (χ4n) is 7.83. The molecule has 0 N–H and O–H groups in total. The zero-order valence-corrected chi connectivity index (χ0v) is 19.1. The number of carbonyl (C=O) groups excluding carboxylic acids is 2. The molecular formula is C25H33ClO4. The summed E-state index contributed by atoms with van der Waals surface area (Å²) in [5.74, 6) is 5.15. The van der Waals surface area contributed by atoms with Crippen molar-refractivity contribution in [1.29, 1.82) is 0 Å². The first kappa shape index (κ1) is 21.8. The minimum absolute atomic E-state index is 0.0503. The van der Waals surface area contributed by atoms with Crippen molar-refractivity contribution in [3.63, 3.8) is 0 Å². The predicted molar refractivity (Wildman–Crippen MR) is 115 cm³/mol. The second kappa shape index (κ2) is 8.23. The molecule has 0 spiro atoms. The molecular weight excluding hydrogens is 400 g/mol. The van der Waals surface area contributed by atoms with Crippen LogP contribution in [0.2, 0.25) is 0 Å². The van der Waals surface area contributed by atoms with Gasteiger partial charge in [-0.05, 0) is 105 Å². The van der Waals surface area contributed by atoms with E-state index in [-0.39, 0.29) is 23.5 Å². The van der Waals surface area contributed by atoms with Crippen LogP contribution in [0.3, 0.4) is 0 Å². The molecule has 0 bridgehead atoms. The highest BCUT2D eigenvalue weighted by Gasteiger charge is 2.65. The highest BCUT2D eigenvalue weighted by molar-refractivity contribution is 6.30. The lowest BCUT2D eigenvalue weighted by Crippen LogP contribution is -2.55. The van der Waals surface area contributed by atoms with Crippen LogP contribution in [0, 0.1) is 40.4 Å². The third kappa shape index (κ3) is 3.38. The monoisotopic (exact) mass is 432 g/mol. The van der Waals surface area contributed by atoms with Gasteiger partial charge in [0.1, 0.15) is 6.10 Å². The van der Waals surface area contributed by atoms with E-state index in [9.17, 15) is 9.59 Å². The molecule has 0 unspecified atom stereocenters. The highest BCUT2D eigenvalue weighted by Crippen LogP contribution is 2.67. The van der Waals surface area contributed by atoms with Crippen molar-refractivity contribution < 1.29 is 19.1 Å². The lowest BCUT2D eigenvalue weighted by atomic mass is 9.49. The Balaban J connectivity index is 1.61. The second-order valence-electron chi connectivity index (χ2n) is 9.77. The van der Waals surface area contributed by atoms with Gasteiger partial charge in [0.2, 0.25) is 0 Å². The van der Waals surface area contributed by atoms with Gasteiger partial charge in [0.15, 0.2) is 5.60 Å². The fourth-order valence-corrected chi connectivity index (χ4v) is 7.98. The van der Waals surface area contributed by atoms with E-state index in [0.29, 0.717) is 23.7 Å². The summed E-state index contributed by atoms with van der Waals surface area (Å²) in [6.07, 6.45) is 11.4. The first-order valence-corrected chi connectivity index (χ1v) is 11.9. The van der Waals surface area contributed by atoms with Crippen molar-refractivity contribution in [2.75, 3.05) is 0 Å². The Labute approximate surface area is 185 Å². The highest BCUT2D eigenvalue weighted by atomic mass is 35.5. The number of hydrogen-bond donors (Lipinski definition) is 0. The molecule has 30 heavy (non-hydrogen) atoms. The quantitative estimate of drug-likeness (QED) is 0.341. The third-order valence-corrected chi connectivity index (χ3v) is 8.84. The molecule has 4 nitrogen and oxygen atoms in total. The predicted octanol–water partition coefficient (Wildman–Crippen LogP) is 5.38. The van der Waals surface area contributed by atoms with Gasteiger partial charge in [0.05, 0.1) is 0 Å². The average molecular weight is 433 g/mol. The summed E-state index contributed by atoms with van der Waals surface area (Å²) in [4.78, 5) is 23.4. The molecule has 0 aliphatic heterocycles. The van der Waals surface area contributed by atoms with Crippen LogP contribution in [0.25, 0.3) is 0 Å². The van der Waals surface area contributed by atoms with E-state index in [0.717, 1.165) is 57.8 Å². The summed E-state index contributed by atoms with van der Waals surface area (Å²) < 4.78 is 11.5. The number of esters is 2. The van der Waals surface area contributed by atoms with Gasteiger partial charge in [0, 0.05) is 24.6 Å². The topological polar surface area (TPSA) is 52.6 Å². The summed E-state index contributed by atoms with van der Waals surface area (Å²) in [5, 5.41) is 2.58. The zero-order chi connectivity index (χ0) is 21.5. The van der Waals surface area contributed by atoms with E-state index in [1.807, 2.05) is 0 Å². The lowest BCUT2D eigenvalue weighted by Gasteiger charge is -2.56. The number of fused-ring (bicyclic) bond motifs is 5. The Morgan fingerprint density at radius 2 is 1.90 bits per heavy atom. The molecule has 4 aliphatic carbocycles. The van der Waals surface area contributed by atoms with Gasteiger partial charge in [-0.15, -0.1) is 0 Å². The summed E-state index contributed by atoms with van der Waals surface area (Å²) in [6.45, 7) is 5.21. The van der Waals surface area contributed by atoms with Gasteiger partial charge >= 0.3 is 11.9 Å². The number of rotatable bonds is 3. The van der Waals surface area contributed by atoms with Gasteiger partial charge in [-0.2, -0.15) is 0 Å². The van der Waals surface area contributed by atoms with Gasteiger partial charge in [-0.25, -0.2) is 0 Å². The molecule has 164 valence electrons. The van der Waals surface area contributed by atoms with Gasteiger partial charge in [-0.3, -0.25) is 9.59 Å². The van der Waals surface area contributed by atoms with Crippen molar-refractivity contribution in [2.45, 2.75) is 90.3 Å². The molecule has 0 aromatic heterocycles. The Bertz CT molecular complexity index is 808. The molecule has 0 aromatic carbocycles. The molecule has 4 aliphatic rings. The molecule has 3 saturated carbocycles. The number of hydrogen-bond acceptors (Lipinski definition) is 4. The number of carbonyl (C=O) groups is 2. The van der Waals surface area contributed by atoms with Crippen LogP contribution in [-0.2, 0) is 19.1 Å². The summed E-state index contributed by atoms with van der Waals surface area (Å²) >= 11 is 5.89. The van der Waals surface area contributed by atoms with Crippen LogP contribution in [-0.4, -0.2) is 23.6 Å². The Hall–Kier alpha value is -1.47. The molecule has 0 amide bonds. The molecule has 4 rings (SSSR count). The SMILES string of the molecule is CC[C@]12CC[C@H]3[C@@H](CCC4=C[C@@H](OC(C)=O)CC[C@@H]43)[C@@H]1CC[C@]2(C#CCl)OC(C)=O. The van der Waals surface area contributed by atoms with E-state index in [2.05, 4.69) is 24.3 Å². The molecule has 0 radical (unpaired) electrons. The first-order valence-electron chi connectivity index (χ1n) is 11.6. The maximum absolute atomic E-state index is 12.0. The molecule has 7 atom stereocenters. The minimum Gasteiger partial charge on any atom is -0.458 e. The van der Waals surface area contributed by atoms with Gasteiger partial charge in [0.25, 0.3) is 0 Å². The van der Waals surface area contributed by atoms with Crippen LogP contribution in [0.5, 0.6) is 0 Å². The van der Waals surface area contributed by atoms with Crippen LogP contribution >= 0.6 is 11.6 Å².